The second kappa shape index (κ2) is 8.59. The number of rotatable bonds is 5. The Kier molecular flexibility index (Phi) is 5.49. The number of amides is 2. The fourth-order valence-corrected chi connectivity index (χ4v) is 4.93. The Labute approximate surface area is 186 Å². The minimum atomic E-state index is -0.931. The van der Waals surface area contributed by atoms with Gasteiger partial charge in [-0.25, -0.2) is 14.6 Å². The maximum Gasteiger partial charge on any atom is 0.336 e. The zero-order chi connectivity index (χ0) is 22.1. The van der Waals surface area contributed by atoms with Gasteiger partial charge in [-0.2, -0.15) is 0 Å². The molecule has 7 heteroatoms. The van der Waals surface area contributed by atoms with Crippen LogP contribution in [0.5, 0.6) is 0 Å². The second-order valence-electron chi connectivity index (χ2n) is 8.43. The highest BCUT2D eigenvalue weighted by molar-refractivity contribution is 6.05. The summed E-state index contributed by atoms with van der Waals surface area (Å²) in [4.78, 5) is 33.6. The van der Waals surface area contributed by atoms with E-state index in [1.165, 1.54) is 0 Å². The number of nitrogens with zero attached hydrogens (tertiary/aromatic N) is 3. The van der Waals surface area contributed by atoms with Gasteiger partial charge in [0.1, 0.15) is 0 Å². The minimum Gasteiger partial charge on any atom is -0.478 e. The van der Waals surface area contributed by atoms with Crippen molar-refractivity contribution in [3.63, 3.8) is 0 Å². The normalized spacial score (nSPS) is 17.6. The summed E-state index contributed by atoms with van der Waals surface area (Å²) in [6, 6.07) is 17.5. The molecule has 2 aliphatic heterocycles. The number of carbonyl (C=O) groups is 2. The van der Waals surface area contributed by atoms with E-state index in [0.29, 0.717) is 29.6 Å². The van der Waals surface area contributed by atoms with E-state index in [-0.39, 0.29) is 12.1 Å². The summed E-state index contributed by atoms with van der Waals surface area (Å²) in [5, 5.41) is 13.7. The van der Waals surface area contributed by atoms with Crippen LogP contribution in [0.15, 0.2) is 54.6 Å². The van der Waals surface area contributed by atoms with E-state index in [2.05, 4.69) is 10.2 Å². The molecule has 2 N–H and O–H groups in total. The van der Waals surface area contributed by atoms with Gasteiger partial charge in [0.15, 0.2) is 0 Å². The van der Waals surface area contributed by atoms with Gasteiger partial charge in [0.05, 0.1) is 16.8 Å². The topological polar surface area (TPSA) is 85.8 Å². The molecule has 0 radical (unpaired) electrons. The zero-order valence-corrected chi connectivity index (χ0v) is 17.8. The first-order valence-electron chi connectivity index (χ1n) is 11.1. The molecule has 0 atom stereocenters. The van der Waals surface area contributed by atoms with Crippen LogP contribution in [-0.2, 0) is 6.54 Å². The second-order valence-corrected chi connectivity index (χ2v) is 8.43. The molecule has 164 valence electrons. The SMILES string of the molecule is O=C(O)c1c(CN2CCC(N3CCNC3=O)CC2)c(-c2ccccc2)nc2ccccc12. The standard InChI is InChI=1S/C25H26N4O3/c30-24(31)22-19-8-4-5-9-21(19)27-23(17-6-2-1-3-7-17)20(22)16-28-13-10-18(11-14-28)29-15-12-26-25(29)32/h1-9,18H,10-16H2,(H,26,32)(H,30,31). The highest BCUT2D eigenvalue weighted by Gasteiger charge is 2.31. The molecule has 2 aliphatic rings. The lowest BCUT2D eigenvalue weighted by molar-refractivity contribution is 0.0695. The molecule has 0 spiro atoms. The fraction of sp³-hybridized carbons (Fsp3) is 0.320. The number of fused-ring (bicyclic) bond motifs is 1. The van der Waals surface area contributed by atoms with E-state index >= 15 is 0 Å². The molecule has 5 rings (SSSR count). The van der Waals surface area contributed by atoms with E-state index in [0.717, 1.165) is 49.3 Å². The van der Waals surface area contributed by atoms with Crippen molar-refractivity contribution in [3.05, 3.63) is 65.7 Å². The fourth-order valence-electron chi connectivity index (χ4n) is 4.93. The Balaban J connectivity index is 1.49. The van der Waals surface area contributed by atoms with Gasteiger partial charge in [0.25, 0.3) is 0 Å². The first-order valence-corrected chi connectivity index (χ1v) is 11.1. The molecule has 2 saturated heterocycles. The molecule has 0 bridgehead atoms. The number of benzene rings is 2. The number of carbonyl (C=O) groups excluding carboxylic acids is 1. The molecule has 0 unspecified atom stereocenters. The third-order valence-electron chi connectivity index (χ3n) is 6.52. The van der Waals surface area contributed by atoms with E-state index in [1.54, 1.807) is 0 Å². The van der Waals surface area contributed by atoms with Gasteiger partial charge in [-0.05, 0) is 18.9 Å². The molecule has 32 heavy (non-hydrogen) atoms. The lowest BCUT2D eigenvalue weighted by Crippen LogP contribution is -2.46. The molecule has 3 aromatic rings. The van der Waals surface area contributed by atoms with Crippen LogP contribution in [0.2, 0.25) is 0 Å². The van der Waals surface area contributed by atoms with Crippen molar-refractivity contribution in [2.75, 3.05) is 26.2 Å². The number of carboxylic acid groups (broad SMARTS) is 1. The summed E-state index contributed by atoms with van der Waals surface area (Å²) < 4.78 is 0. The average Bonchev–Trinajstić information content (AvgIpc) is 3.25. The molecule has 2 amide bonds. The number of likely N-dealkylation sites (tertiary alicyclic amines) is 1. The van der Waals surface area contributed by atoms with Crippen molar-refractivity contribution in [2.45, 2.75) is 25.4 Å². The molecule has 0 saturated carbocycles. The quantitative estimate of drug-likeness (QED) is 0.646. The molecule has 2 aromatic carbocycles. The van der Waals surface area contributed by atoms with E-state index in [9.17, 15) is 14.7 Å². The Morgan fingerprint density at radius 3 is 2.44 bits per heavy atom. The Morgan fingerprint density at radius 2 is 1.75 bits per heavy atom. The summed E-state index contributed by atoms with van der Waals surface area (Å²) in [5.74, 6) is -0.931. The number of nitrogens with one attached hydrogen (secondary N) is 1. The maximum absolute atomic E-state index is 12.4. The van der Waals surface area contributed by atoms with Crippen molar-refractivity contribution in [1.82, 2.24) is 20.1 Å². The molecular formula is C25H26N4O3. The molecule has 2 fully saturated rings. The Bertz CT molecular complexity index is 1160. The number of urea groups is 1. The van der Waals surface area contributed by atoms with E-state index in [4.69, 9.17) is 4.98 Å². The number of carboxylic acids is 1. The van der Waals surface area contributed by atoms with Gasteiger partial charge in [-0.3, -0.25) is 4.90 Å². The van der Waals surface area contributed by atoms with Gasteiger partial charge in [-0.1, -0.05) is 48.5 Å². The summed E-state index contributed by atoms with van der Waals surface area (Å²) >= 11 is 0. The Morgan fingerprint density at radius 1 is 1.03 bits per heavy atom. The van der Waals surface area contributed by atoms with Crippen LogP contribution in [-0.4, -0.2) is 64.1 Å². The average molecular weight is 431 g/mol. The van der Waals surface area contributed by atoms with Crippen molar-refractivity contribution < 1.29 is 14.7 Å². The van der Waals surface area contributed by atoms with Gasteiger partial charge in [0, 0.05) is 55.3 Å². The van der Waals surface area contributed by atoms with Crippen LogP contribution in [0, 0.1) is 0 Å². The van der Waals surface area contributed by atoms with Crippen LogP contribution in [0.25, 0.3) is 22.2 Å². The number of para-hydroxylation sites is 1. The molecule has 1 aromatic heterocycles. The van der Waals surface area contributed by atoms with Crippen LogP contribution < -0.4 is 5.32 Å². The largest absolute Gasteiger partial charge is 0.478 e. The van der Waals surface area contributed by atoms with Crippen LogP contribution in [0.4, 0.5) is 4.79 Å². The summed E-state index contributed by atoms with van der Waals surface area (Å²) in [6.45, 7) is 3.62. The van der Waals surface area contributed by atoms with E-state index < -0.39 is 5.97 Å². The number of hydrogen-bond acceptors (Lipinski definition) is 4. The molecule has 7 nitrogen and oxygen atoms in total. The number of hydrogen-bond donors (Lipinski definition) is 2. The summed E-state index contributed by atoms with van der Waals surface area (Å²) in [5.41, 5.74) is 3.41. The van der Waals surface area contributed by atoms with Crippen LogP contribution >= 0.6 is 0 Å². The molecule has 0 aliphatic carbocycles. The number of aromatic nitrogens is 1. The van der Waals surface area contributed by atoms with Crippen LogP contribution in [0.1, 0.15) is 28.8 Å². The lowest BCUT2D eigenvalue weighted by atomic mass is 9.95. The minimum absolute atomic E-state index is 0.0294. The third kappa shape index (κ3) is 3.80. The predicted molar refractivity (Wildman–Crippen MR) is 123 cm³/mol. The number of piperidine rings is 1. The predicted octanol–water partition coefficient (Wildman–Crippen LogP) is 3.59. The van der Waals surface area contributed by atoms with Crippen molar-refractivity contribution in [2.24, 2.45) is 0 Å². The molecule has 3 heterocycles. The third-order valence-corrected chi connectivity index (χ3v) is 6.52. The van der Waals surface area contributed by atoms with Crippen molar-refractivity contribution in [1.29, 1.82) is 0 Å². The van der Waals surface area contributed by atoms with E-state index in [1.807, 2.05) is 59.5 Å². The number of aromatic carboxylic acids is 1. The Hall–Kier alpha value is -3.45. The van der Waals surface area contributed by atoms with Gasteiger partial charge in [0.2, 0.25) is 0 Å². The molecular weight excluding hydrogens is 404 g/mol. The highest BCUT2D eigenvalue weighted by atomic mass is 16.4. The number of pyridine rings is 1. The monoisotopic (exact) mass is 430 g/mol. The maximum atomic E-state index is 12.4. The highest BCUT2D eigenvalue weighted by Crippen LogP contribution is 2.32. The van der Waals surface area contributed by atoms with Gasteiger partial charge < -0.3 is 15.3 Å². The first-order chi connectivity index (χ1) is 15.6. The smallest absolute Gasteiger partial charge is 0.336 e. The van der Waals surface area contributed by atoms with Crippen molar-refractivity contribution in [3.8, 4) is 11.3 Å². The lowest BCUT2D eigenvalue weighted by Gasteiger charge is -2.36. The summed E-state index contributed by atoms with van der Waals surface area (Å²) in [7, 11) is 0. The van der Waals surface area contributed by atoms with Crippen LogP contribution in [0.3, 0.4) is 0 Å². The van der Waals surface area contributed by atoms with Gasteiger partial charge in [-0.15, -0.1) is 0 Å². The first kappa shape index (κ1) is 20.5. The summed E-state index contributed by atoms with van der Waals surface area (Å²) in [6.07, 6.45) is 1.77. The zero-order valence-electron chi connectivity index (χ0n) is 17.8. The van der Waals surface area contributed by atoms with Crippen molar-refractivity contribution >= 4 is 22.9 Å². The van der Waals surface area contributed by atoms with Gasteiger partial charge >= 0.3 is 12.0 Å².